The fraction of sp³-hybridized carbons (Fsp3) is 0.464. The van der Waals surface area contributed by atoms with Crippen LogP contribution in [-0.2, 0) is 46.7 Å². The van der Waals surface area contributed by atoms with Gasteiger partial charge in [0.05, 0.1) is 19.0 Å². The monoisotopic (exact) mass is 587 g/mol. The van der Waals surface area contributed by atoms with Crippen LogP contribution in [0, 0.1) is 0 Å². The fourth-order valence-electron chi connectivity index (χ4n) is 5.24. The number of nitrogens with one attached hydrogen (secondary N) is 2. The molecular formula is C28H33N3O9S. The minimum Gasteiger partial charge on any atom is -0.480 e. The van der Waals surface area contributed by atoms with Crippen LogP contribution < -0.4 is 15.4 Å². The predicted molar refractivity (Wildman–Crippen MR) is 146 cm³/mol. The standard InChI is InChI=1S/C28H33N3O9S/c32-26-22(17-25-38-10-4-11-39-25)29-27(33)24(31-9-3-12-41(31,36)37)16-19-6-2-8-21(14-19)40-20-7-1-5-18(13-20)15-23(30-26)28(34)35/h1-2,5-8,13-14,22-25H,3-4,9-12,15-17H2,(H,29,33)(H,30,32)(H,34,35)/t22-,23-,24-/m0/s1. The maximum Gasteiger partial charge on any atom is 0.326 e. The SMILES string of the molecule is O=C(O)[C@@H]1Cc2cccc(c2)Oc2cccc(c2)C[C@H](N2CCCS2(=O)=O)C(=O)N[C@@H](CC2OCCCO2)C(=O)N1. The molecule has 13 heteroatoms. The number of carboxylic acid groups (broad SMARTS) is 1. The Hall–Kier alpha value is -3.52. The van der Waals surface area contributed by atoms with Crippen LogP contribution in [0.4, 0.5) is 0 Å². The molecular weight excluding hydrogens is 554 g/mol. The summed E-state index contributed by atoms with van der Waals surface area (Å²) in [6, 6.07) is 10.2. The Morgan fingerprint density at radius 3 is 2.20 bits per heavy atom. The molecule has 0 saturated carbocycles. The second-order valence-corrected chi connectivity index (χ2v) is 12.4. The number of sulfonamides is 1. The van der Waals surface area contributed by atoms with E-state index in [4.69, 9.17) is 14.2 Å². The number of amides is 2. The number of carbonyl (C=O) groups is 3. The lowest BCUT2D eigenvalue weighted by Gasteiger charge is -2.31. The molecule has 0 spiro atoms. The van der Waals surface area contributed by atoms with Crippen LogP contribution in [0.5, 0.6) is 11.5 Å². The number of carboxylic acids is 1. The Morgan fingerprint density at radius 2 is 1.59 bits per heavy atom. The number of hydrogen-bond donors (Lipinski definition) is 3. The lowest BCUT2D eigenvalue weighted by Crippen LogP contribution is -2.57. The van der Waals surface area contributed by atoms with Crippen molar-refractivity contribution in [1.29, 1.82) is 0 Å². The van der Waals surface area contributed by atoms with Crippen LogP contribution in [0.25, 0.3) is 0 Å². The van der Waals surface area contributed by atoms with Crippen molar-refractivity contribution >= 4 is 27.8 Å². The lowest BCUT2D eigenvalue weighted by molar-refractivity contribution is -0.185. The van der Waals surface area contributed by atoms with E-state index in [1.54, 1.807) is 48.5 Å². The topological polar surface area (TPSA) is 161 Å². The second kappa shape index (κ2) is 12.6. The van der Waals surface area contributed by atoms with Crippen molar-refractivity contribution in [2.75, 3.05) is 25.5 Å². The van der Waals surface area contributed by atoms with Gasteiger partial charge in [-0.1, -0.05) is 24.3 Å². The van der Waals surface area contributed by atoms with Crippen LogP contribution in [0.2, 0.25) is 0 Å². The molecule has 2 saturated heterocycles. The molecule has 2 fully saturated rings. The first-order valence-electron chi connectivity index (χ1n) is 13.6. The molecule has 4 bridgehead atoms. The second-order valence-electron chi connectivity index (χ2n) is 10.3. The highest BCUT2D eigenvalue weighted by Crippen LogP contribution is 2.27. The van der Waals surface area contributed by atoms with E-state index in [0.29, 0.717) is 48.7 Å². The molecule has 3 atom stereocenters. The summed E-state index contributed by atoms with van der Waals surface area (Å²) in [6.45, 7) is 0.985. The maximum absolute atomic E-state index is 13.8. The van der Waals surface area contributed by atoms with E-state index in [-0.39, 0.29) is 31.6 Å². The molecule has 2 amide bonds. The summed E-state index contributed by atoms with van der Waals surface area (Å²) in [4.78, 5) is 39.5. The Kier molecular flexibility index (Phi) is 8.88. The summed E-state index contributed by atoms with van der Waals surface area (Å²) in [5.41, 5.74) is 1.29. The van der Waals surface area contributed by atoms with Gasteiger partial charge >= 0.3 is 5.97 Å². The quantitative estimate of drug-likeness (QED) is 0.477. The zero-order valence-electron chi connectivity index (χ0n) is 22.4. The summed E-state index contributed by atoms with van der Waals surface area (Å²) in [7, 11) is -3.70. The molecule has 12 nitrogen and oxygen atoms in total. The number of fused-ring (bicyclic) bond motifs is 4. The summed E-state index contributed by atoms with van der Waals surface area (Å²) >= 11 is 0. The van der Waals surface area contributed by atoms with Crippen molar-refractivity contribution in [3.05, 3.63) is 59.7 Å². The number of ether oxygens (including phenoxy) is 3. The van der Waals surface area contributed by atoms with E-state index in [2.05, 4.69) is 10.6 Å². The zero-order chi connectivity index (χ0) is 29.0. The third-order valence-corrected chi connectivity index (χ3v) is 9.22. The van der Waals surface area contributed by atoms with Gasteiger partial charge in [0.2, 0.25) is 21.8 Å². The molecule has 3 heterocycles. The molecule has 41 heavy (non-hydrogen) atoms. The van der Waals surface area contributed by atoms with Gasteiger partial charge in [0.1, 0.15) is 29.6 Å². The molecule has 0 radical (unpaired) electrons. The van der Waals surface area contributed by atoms with Crippen molar-refractivity contribution in [2.45, 2.75) is 56.5 Å². The van der Waals surface area contributed by atoms with Crippen LogP contribution in [0.3, 0.4) is 0 Å². The zero-order valence-corrected chi connectivity index (χ0v) is 23.2. The number of aliphatic carboxylic acids is 1. The highest BCUT2D eigenvalue weighted by molar-refractivity contribution is 7.89. The summed E-state index contributed by atoms with van der Waals surface area (Å²) in [6.07, 6.45) is 0.168. The van der Waals surface area contributed by atoms with Crippen molar-refractivity contribution in [3.8, 4) is 11.5 Å². The largest absolute Gasteiger partial charge is 0.480 e. The Balaban J connectivity index is 1.53. The van der Waals surface area contributed by atoms with Gasteiger partial charge in [-0.3, -0.25) is 9.59 Å². The van der Waals surface area contributed by atoms with Crippen LogP contribution >= 0.6 is 0 Å². The lowest BCUT2D eigenvalue weighted by atomic mass is 10.0. The van der Waals surface area contributed by atoms with Crippen molar-refractivity contribution in [3.63, 3.8) is 0 Å². The first-order chi connectivity index (χ1) is 19.7. The van der Waals surface area contributed by atoms with E-state index in [1.165, 1.54) is 4.31 Å². The molecule has 3 N–H and O–H groups in total. The molecule has 3 aliphatic heterocycles. The molecule has 5 rings (SSSR count). The predicted octanol–water partition coefficient (Wildman–Crippen LogP) is 1.19. The van der Waals surface area contributed by atoms with Gasteiger partial charge in [0, 0.05) is 19.4 Å². The van der Waals surface area contributed by atoms with Gasteiger partial charge in [0.15, 0.2) is 6.29 Å². The van der Waals surface area contributed by atoms with Crippen molar-refractivity contribution < 1.29 is 42.1 Å². The highest BCUT2D eigenvalue weighted by Gasteiger charge is 2.40. The number of carbonyl (C=O) groups excluding carboxylic acids is 2. The van der Waals surface area contributed by atoms with E-state index >= 15 is 0 Å². The normalized spacial score (nSPS) is 26.0. The van der Waals surface area contributed by atoms with Crippen molar-refractivity contribution in [2.24, 2.45) is 0 Å². The number of hydrogen-bond acceptors (Lipinski definition) is 8. The average molecular weight is 588 g/mol. The van der Waals surface area contributed by atoms with Gasteiger partial charge < -0.3 is 30.0 Å². The van der Waals surface area contributed by atoms with Crippen LogP contribution in [-0.4, -0.2) is 85.5 Å². The first kappa shape index (κ1) is 29.0. The third-order valence-electron chi connectivity index (χ3n) is 7.26. The number of rotatable bonds is 4. The van der Waals surface area contributed by atoms with Gasteiger partial charge in [-0.25, -0.2) is 13.2 Å². The summed E-state index contributed by atoms with van der Waals surface area (Å²) < 4.78 is 44.2. The van der Waals surface area contributed by atoms with E-state index in [1.807, 2.05) is 0 Å². The summed E-state index contributed by atoms with van der Waals surface area (Å²) in [5.74, 6) is -1.82. The van der Waals surface area contributed by atoms with Gasteiger partial charge in [0.25, 0.3) is 0 Å². The Bertz CT molecular complexity index is 1390. The Morgan fingerprint density at radius 1 is 0.927 bits per heavy atom. The van der Waals surface area contributed by atoms with E-state index in [0.717, 1.165) is 0 Å². The highest BCUT2D eigenvalue weighted by atomic mass is 32.2. The first-order valence-corrected chi connectivity index (χ1v) is 15.2. The van der Waals surface area contributed by atoms with Crippen molar-refractivity contribution in [1.82, 2.24) is 14.9 Å². The molecule has 2 aromatic carbocycles. The third kappa shape index (κ3) is 7.22. The molecule has 2 aromatic rings. The van der Waals surface area contributed by atoms with E-state index in [9.17, 15) is 27.9 Å². The molecule has 0 aliphatic carbocycles. The number of nitrogens with zero attached hydrogens (tertiary/aromatic N) is 1. The minimum atomic E-state index is -3.70. The fourth-order valence-corrected chi connectivity index (χ4v) is 6.93. The van der Waals surface area contributed by atoms with Gasteiger partial charge in [-0.15, -0.1) is 0 Å². The molecule has 3 aliphatic rings. The molecule has 0 aromatic heterocycles. The van der Waals surface area contributed by atoms with Crippen LogP contribution in [0.15, 0.2) is 48.5 Å². The van der Waals surface area contributed by atoms with Gasteiger partial charge in [-0.05, 0) is 54.7 Å². The summed E-state index contributed by atoms with van der Waals surface area (Å²) in [5, 5.41) is 15.1. The molecule has 0 unspecified atom stereocenters. The van der Waals surface area contributed by atoms with E-state index < -0.39 is 52.2 Å². The maximum atomic E-state index is 13.8. The van der Waals surface area contributed by atoms with Crippen LogP contribution in [0.1, 0.15) is 30.4 Å². The average Bonchev–Trinajstić information content (AvgIpc) is 3.29. The smallest absolute Gasteiger partial charge is 0.326 e. The minimum absolute atomic E-state index is 0.0326. The molecule has 220 valence electrons. The Labute approximate surface area is 238 Å². The number of benzene rings is 2. The van der Waals surface area contributed by atoms with Gasteiger partial charge in [-0.2, -0.15) is 4.31 Å².